The molecule has 0 aliphatic carbocycles. The Bertz CT molecular complexity index is 1340. The van der Waals surface area contributed by atoms with Gasteiger partial charge in [0.25, 0.3) is 0 Å². The monoisotopic (exact) mass is 603 g/mol. The van der Waals surface area contributed by atoms with Crippen molar-refractivity contribution in [3.8, 4) is 0 Å². The number of amides is 3. The van der Waals surface area contributed by atoms with Crippen LogP contribution in [0.3, 0.4) is 0 Å². The number of alkyl halides is 3. The molecule has 3 amide bonds. The highest BCUT2D eigenvalue weighted by Crippen LogP contribution is 2.49. The standard InChI is InChI=1S/C33H44F3N3O4/c1-20(2)24-16-25(18-26(17-24)33(34,35)36)23(5)37(6)31(43)39-12-11-38-28(19-32(9-13-40,10-14-41)30(38)42)29(39)27-8-7-21(3)15-22(27)4/h7-8,15-18,20,23,28-29,40-41H,9-14,19H2,1-6H3/t23-,28+,29+/m1/s1. The van der Waals surface area contributed by atoms with Crippen LogP contribution < -0.4 is 0 Å². The van der Waals surface area contributed by atoms with Crippen LogP contribution >= 0.6 is 0 Å². The first-order chi connectivity index (χ1) is 20.1. The first-order valence-corrected chi connectivity index (χ1v) is 15.0. The van der Waals surface area contributed by atoms with Gasteiger partial charge in [-0.25, -0.2) is 4.79 Å². The van der Waals surface area contributed by atoms with E-state index in [0.29, 0.717) is 24.1 Å². The van der Waals surface area contributed by atoms with Crippen LogP contribution in [0.4, 0.5) is 18.0 Å². The lowest BCUT2D eigenvalue weighted by Gasteiger charge is -2.47. The third-order valence-corrected chi connectivity index (χ3v) is 9.50. The summed E-state index contributed by atoms with van der Waals surface area (Å²) in [5.41, 5.74) is 2.21. The molecule has 0 radical (unpaired) electrons. The van der Waals surface area contributed by atoms with Crippen molar-refractivity contribution >= 4 is 11.9 Å². The Kier molecular flexibility index (Phi) is 9.52. The van der Waals surface area contributed by atoms with E-state index in [1.807, 2.05) is 45.9 Å². The molecule has 2 aliphatic heterocycles. The van der Waals surface area contributed by atoms with Gasteiger partial charge in [0, 0.05) is 33.4 Å². The largest absolute Gasteiger partial charge is 0.416 e. The molecule has 0 unspecified atom stereocenters. The molecule has 236 valence electrons. The Balaban J connectivity index is 1.74. The second kappa shape index (κ2) is 12.5. The summed E-state index contributed by atoms with van der Waals surface area (Å²) in [6.07, 6.45) is -3.70. The normalized spacial score (nSPS) is 20.9. The number of aliphatic hydroxyl groups excluding tert-OH is 2. The molecule has 4 rings (SSSR count). The number of aryl methyl sites for hydroxylation is 2. The van der Waals surface area contributed by atoms with E-state index >= 15 is 0 Å². The van der Waals surface area contributed by atoms with Gasteiger partial charge in [-0.15, -0.1) is 0 Å². The summed E-state index contributed by atoms with van der Waals surface area (Å²) in [7, 11) is 1.61. The number of nitrogens with zero attached hydrogens (tertiary/aromatic N) is 3. The molecule has 0 bridgehead atoms. The van der Waals surface area contributed by atoms with Crippen molar-refractivity contribution in [2.45, 2.75) is 84.1 Å². The van der Waals surface area contributed by atoms with Gasteiger partial charge in [0.1, 0.15) is 0 Å². The minimum absolute atomic E-state index is 0.116. The van der Waals surface area contributed by atoms with Gasteiger partial charge < -0.3 is 24.9 Å². The molecule has 2 heterocycles. The minimum atomic E-state index is -4.52. The lowest BCUT2D eigenvalue weighted by atomic mass is 9.77. The summed E-state index contributed by atoms with van der Waals surface area (Å²) in [4.78, 5) is 33.1. The molecule has 0 saturated carbocycles. The quantitative estimate of drug-likeness (QED) is 0.390. The van der Waals surface area contributed by atoms with Crippen LogP contribution in [0.1, 0.15) is 91.4 Å². The molecular formula is C33H44F3N3O4. The number of rotatable bonds is 8. The highest BCUT2D eigenvalue weighted by atomic mass is 19.4. The number of hydrogen-bond donors (Lipinski definition) is 2. The maximum Gasteiger partial charge on any atom is 0.416 e. The fourth-order valence-corrected chi connectivity index (χ4v) is 6.89. The number of hydrogen-bond acceptors (Lipinski definition) is 4. The van der Waals surface area contributed by atoms with Gasteiger partial charge in [-0.2, -0.15) is 13.2 Å². The molecule has 2 N–H and O–H groups in total. The van der Waals surface area contributed by atoms with E-state index in [2.05, 4.69) is 0 Å². The molecule has 2 aromatic rings. The van der Waals surface area contributed by atoms with Crippen molar-refractivity contribution in [1.82, 2.24) is 14.7 Å². The molecule has 7 nitrogen and oxygen atoms in total. The fraction of sp³-hybridized carbons (Fsp3) is 0.576. The van der Waals surface area contributed by atoms with E-state index in [0.717, 1.165) is 22.8 Å². The van der Waals surface area contributed by atoms with Crippen LogP contribution in [-0.2, 0) is 11.0 Å². The second-order valence-corrected chi connectivity index (χ2v) is 12.6. The van der Waals surface area contributed by atoms with Crippen LogP contribution in [0.5, 0.6) is 0 Å². The number of benzene rings is 2. The van der Waals surface area contributed by atoms with E-state index in [1.165, 1.54) is 11.0 Å². The first-order valence-electron chi connectivity index (χ1n) is 15.0. The molecular weight excluding hydrogens is 559 g/mol. The van der Waals surface area contributed by atoms with E-state index in [-0.39, 0.29) is 56.5 Å². The number of urea groups is 1. The average molecular weight is 604 g/mol. The summed E-state index contributed by atoms with van der Waals surface area (Å²) < 4.78 is 41.4. The van der Waals surface area contributed by atoms with Crippen molar-refractivity contribution in [1.29, 1.82) is 0 Å². The number of halogens is 3. The fourth-order valence-electron chi connectivity index (χ4n) is 6.89. The van der Waals surface area contributed by atoms with Gasteiger partial charge in [-0.05, 0) is 80.3 Å². The van der Waals surface area contributed by atoms with Crippen LogP contribution in [0.15, 0.2) is 36.4 Å². The van der Waals surface area contributed by atoms with Gasteiger partial charge in [0.2, 0.25) is 5.91 Å². The zero-order chi connectivity index (χ0) is 31.9. The zero-order valence-electron chi connectivity index (χ0n) is 25.9. The summed E-state index contributed by atoms with van der Waals surface area (Å²) in [5.74, 6) is -0.247. The SMILES string of the molecule is Cc1ccc([C@H]2[C@@H]3CC(CCO)(CCO)C(=O)N3CCN2C(=O)N(C)[C@H](C)c2cc(C(C)C)cc(C(F)(F)F)c2)c(C)c1. The highest BCUT2D eigenvalue weighted by molar-refractivity contribution is 5.86. The van der Waals surface area contributed by atoms with Crippen molar-refractivity contribution in [2.24, 2.45) is 5.41 Å². The minimum Gasteiger partial charge on any atom is -0.396 e. The number of fused-ring (bicyclic) bond motifs is 1. The molecule has 10 heteroatoms. The van der Waals surface area contributed by atoms with Crippen molar-refractivity contribution in [2.75, 3.05) is 33.4 Å². The molecule has 2 fully saturated rings. The van der Waals surface area contributed by atoms with E-state index in [4.69, 9.17) is 0 Å². The zero-order valence-corrected chi connectivity index (χ0v) is 25.9. The third-order valence-electron chi connectivity index (χ3n) is 9.50. The Morgan fingerprint density at radius 1 is 1.02 bits per heavy atom. The molecule has 3 atom stereocenters. The number of carbonyl (C=O) groups is 2. The molecule has 0 spiro atoms. The Hall–Kier alpha value is -3.11. The molecule has 2 aromatic carbocycles. The van der Waals surface area contributed by atoms with Crippen molar-refractivity contribution < 1.29 is 33.0 Å². The summed E-state index contributed by atoms with van der Waals surface area (Å²) in [6, 6.07) is 8.13. The third kappa shape index (κ3) is 6.27. The van der Waals surface area contributed by atoms with Gasteiger partial charge in [-0.3, -0.25) is 4.79 Å². The number of aliphatic hydroxyl groups is 2. The maximum atomic E-state index is 14.3. The van der Waals surface area contributed by atoms with Gasteiger partial charge in [0.15, 0.2) is 0 Å². The smallest absolute Gasteiger partial charge is 0.396 e. The van der Waals surface area contributed by atoms with Crippen molar-refractivity contribution in [3.63, 3.8) is 0 Å². The molecule has 43 heavy (non-hydrogen) atoms. The summed E-state index contributed by atoms with van der Waals surface area (Å²) in [5, 5.41) is 19.7. The van der Waals surface area contributed by atoms with Gasteiger partial charge >= 0.3 is 12.2 Å². The van der Waals surface area contributed by atoms with Crippen LogP contribution in [0.25, 0.3) is 0 Å². The average Bonchev–Trinajstić information content (AvgIpc) is 3.22. The number of piperazine rings is 1. The van der Waals surface area contributed by atoms with Gasteiger partial charge in [0.05, 0.1) is 29.1 Å². The molecule has 2 saturated heterocycles. The molecule has 0 aromatic heterocycles. The van der Waals surface area contributed by atoms with Gasteiger partial charge in [-0.1, -0.05) is 43.7 Å². The van der Waals surface area contributed by atoms with E-state index in [9.17, 15) is 33.0 Å². The van der Waals surface area contributed by atoms with Crippen LogP contribution in [0.2, 0.25) is 0 Å². The lowest BCUT2D eigenvalue weighted by molar-refractivity contribution is -0.140. The predicted octanol–water partition coefficient (Wildman–Crippen LogP) is 5.97. The summed E-state index contributed by atoms with van der Waals surface area (Å²) >= 11 is 0. The topological polar surface area (TPSA) is 84.3 Å². The highest BCUT2D eigenvalue weighted by Gasteiger charge is 2.56. The Morgan fingerprint density at radius 3 is 2.21 bits per heavy atom. The Labute approximate surface area is 252 Å². The second-order valence-electron chi connectivity index (χ2n) is 12.6. The van der Waals surface area contributed by atoms with Crippen molar-refractivity contribution in [3.05, 3.63) is 69.8 Å². The Morgan fingerprint density at radius 2 is 1.65 bits per heavy atom. The first kappa shape index (κ1) is 32.8. The van der Waals surface area contributed by atoms with Crippen LogP contribution in [-0.4, -0.2) is 76.2 Å². The number of carbonyl (C=O) groups excluding carboxylic acids is 2. The van der Waals surface area contributed by atoms with E-state index in [1.54, 1.807) is 29.8 Å². The lowest BCUT2D eigenvalue weighted by Crippen LogP contribution is -2.57. The maximum absolute atomic E-state index is 14.3. The van der Waals surface area contributed by atoms with Crippen LogP contribution in [0, 0.1) is 19.3 Å². The predicted molar refractivity (Wildman–Crippen MR) is 158 cm³/mol. The van der Waals surface area contributed by atoms with E-state index < -0.39 is 29.2 Å². The molecule has 2 aliphatic rings. The summed E-state index contributed by atoms with van der Waals surface area (Å²) in [6.45, 7) is 9.49.